The largest absolute Gasteiger partial charge is 0.435 e. The van der Waals surface area contributed by atoms with Gasteiger partial charge in [-0.2, -0.15) is 31.4 Å². The van der Waals surface area contributed by atoms with Crippen LogP contribution >= 0.6 is 0 Å². The van der Waals surface area contributed by atoms with E-state index in [-0.39, 0.29) is 23.4 Å². The normalized spacial score (nSPS) is 21.7. The average Bonchev–Trinajstić information content (AvgIpc) is 2.60. The first-order chi connectivity index (χ1) is 10.1. The van der Waals surface area contributed by atoms with Gasteiger partial charge < -0.3 is 5.32 Å². The zero-order valence-corrected chi connectivity index (χ0v) is 11.6. The first kappa shape index (κ1) is 15.6. The summed E-state index contributed by atoms with van der Waals surface area (Å²) in [5.41, 5.74) is -1.02. The van der Waals surface area contributed by atoms with Crippen molar-refractivity contribution in [3.05, 3.63) is 17.5 Å². The molecule has 0 aromatic carbocycles. The van der Waals surface area contributed by atoms with Crippen molar-refractivity contribution in [1.29, 1.82) is 0 Å². The van der Waals surface area contributed by atoms with Crippen molar-refractivity contribution < 1.29 is 26.3 Å². The molecule has 1 aromatic rings. The molecule has 2 fully saturated rings. The van der Waals surface area contributed by atoms with Crippen LogP contribution in [-0.4, -0.2) is 29.0 Å². The molecule has 124 valence electrons. The SMILES string of the molecule is FC(F)(F)Cn1nc(C(F)(F)F)cc1CC1CC2(CNC2)C1. The maximum atomic E-state index is 12.7. The van der Waals surface area contributed by atoms with Crippen molar-refractivity contribution in [2.75, 3.05) is 13.1 Å². The van der Waals surface area contributed by atoms with Crippen LogP contribution in [0.3, 0.4) is 0 Å². The average molecular weight is 327 g/mol. The Bertz CT molecular complexity index is 547. The Hall–Kier alpha value is -1.25. The summed E-state index contributed by atoms with van der Waals surface area (Å²) in [7, 11) is 0. The van der Waals surface area contributed by atoms with Crippen LogP contribution in [0.2, 0.25) is 0 Å². The Kier molecular flexibility index (Phi) is 3.46. The fraction of sp³-hybridized carbons (Fsp3) is 0.769. The minimum Gasteiger partial charge on any atom is -0.316 e. The number of halogens is 6. The molecular weight excluding hydrogens is 312 g/mol. The fourth-order valence-electron chi connectivity index (χ4n) is 3.44. The molecule has 1 saturated carbocycles. The van der Waals surface area contributed by atoms with Gasteiger partial charge in [0.25, 0.3) is 0 Å². The predicted octanol–water partition coefficient (Wildman–Crippen LogP) is 3.01. The van der Waals surface area contributed by atoms with Crippen LogP contribution in [0.25, 0.3) is 0 Å². The molecule has 2 aliphatic rings. The van der Waals surface area contributed by atoms with Gasteiger partial charge in [-0.05, 0) is 36.7 Å². The highest BCUT2D eigenvalue weighted by Gasteiger charge is 2.48. The van der Waals surface area contributed by atoms with Crippen LogP contribution in [0.4, 0.5) is 26.3 Å². The van der Waals surface area contributed by atoms with Crippen molar-refractivity contribution >= 4 is 0 Å². The summed E-state index contributed by atoms with van der Waals surface area (Å²) < 4.78 is 75.9. The lowest BCUT2D eigenvalue weighted by Crippen LogP contribution is -2.60. The summed E-state index contributed by atoms with van der Waals surface area (Å²) in [6.45, 7) is 0.288. The molecule has 0 amide bonds. The number of nitrogens with zero attached hydrogens (tertiary/aromatic N) is 2. The molecular formula is C13H15F6N3. The number of hydrogen-bond acceptors (Lipinski definition) is 2. The van der Waals surface area contributed by atoms with Crippen molar-refractivity contribution in [2.24, 2.45) is 11.3 Å². The van der Waals surface area contributed by atoms with Gasteiger partial charge >= 0.3 is 12.4 Å². The molecule has 3 nitrogen and oxygen atoms in total. The molecule has 2 heterocycles. The van der Waals surface area contributed by atoms with Crippen LogP contribution in [0.1, 0.15) is 24.2 Å². The highest BCUT2D eigenvalue weighted by Crippen LogP contribution is 2.49. The monoisotopic (exact) mass is 327 g/mol. The molecule has 1 N–H and O–H groups in total. The van der Waals surface area contributed by atoms with E-state index >= 15 is 0 Å². The summed E-state index contributed by atoms with van der Waals surface area (Å²) in [6.07, 6.45) is -7.43. The Morgan fingerprint density at radius 2 is 1.82 bits per heavy atom. The van der Waals surface area contributed by atoms with Crippen molar-refractivity contribution in [3.8, 4) is 0 Å². The number of aromatic nitrogens is 2. The van der Waals surface area contributed by atoms with E-state index in [9.17, 15) is 26.3 Å². The lowest BCUT2D eigenvalue weighted by molar-refractivity contribution is -0.149. The van der Waals surface area contributed by atoms with Crippen LogP contribution in [0.5, 0.6) is 0 Å². The number of alkyl halides is 6. The fourth-order valence-corrected chi connectivity index (χ4v) is 3.44. The van der Waals surface area contributed by atoms with Crippen LogP contribution in [0, 0.1) is 11.3 Å². The summed E-state index contributed by atoms with van der Waals surface area (Å²) in [4.78, 5) is 0. The van der Waals surface area contributed by atoms with Gasteiger partial charge in [0, 0.05) is 18.8 Å². The minimum atomic E-state index is -4.73. The second-order valence-corrected chi connectivity index (χ2v) is 6.37. The quantitative estimate of drug-likeness (QED) is 0.865. The lowest BCUT2D eigenvalue weighted by atomic mass is 9.57. The van der Waals surface area contributed by atoms with E-state index in [0.717, 1.165) is 32.0 Å². The number of hydrogen-bond donors (Lipinski definition) is 1. The summed E-state index contributed by atoms with van der Waals surface area (Å²) in [5, 5.41) is 6.25. The van der Waals surface area contributed by atoms with Crippen molar-refractivity contribution in [3.63, 3.8) is 0 Å². The van der Waals surface area contributed by atoms with E-state index in [1.165, 1.54) is 0 Å². The molecule has 0 radical (unpaired) electrons. The van der Waals surface area contributed by atoms with E-state index in [2.05, 4.69) is 10.4 Å². The van der Waals surface area contributed by atoms with Gasteiger partial charge in [-0.1, -0.05) is 0 Å². The molecule has 1 aliphatic heterocycles. The molecule has 0 bridgehead atoms. The predicted molar refractivity (Wildman–Crippen MR) is 65.0 cm³/mol. The molecule has 0 unspecified atom stereocenters. The molecule has 1 aliphatic carbocycles. The molecule has 1 spiro atoms. The molecule has 3 rings (SSSR count). The van der Waals surface area contributed by atoms with E-state index < -0.39 is 24.6 Å². The first-order valence-corrected chi connectivity index (χ1v) is 6.98. The standard InChI is InChI=1S/C13H15F6N3/c14-12(15,16)7-22-9(2-10(21-22)13(17,18)19)1-8-3-11(4-8)5-20-6-11/h2,8,20H,1,3-7H2. The zero-order chi connectivity index (χ0) is 16.2. The topological polar surface area (TPSA) is 29.9 Å². The van der Waals surface area contributed by atoms with Gasteiger partial charge in [0.1, 0.15) is 6.54 Å². The maximum absolute atomic E-state index is 12.7. The van der Waals surface area contributed by atoms with Gasteiger partial charge in [-0.25, -0.2) is 0 Å². The second-order valence-electron chi connectivity index (χ2n) is 6.37. The van der Waals surface area contributed by atoms with Crippen molar-refractivity contribution in [1.82, 2.24) is 15.1 Å². The van der Waals surface area contributed by atoms with Crippen LogP contribution in [0.15, 0.2) is 6.07 Å². The Labute approximate surface area is 122 Å². The van der Waals surface area contributed by atoms with Gasteiger partial charge in [-0.3, -0.25) is 4.68 Å². The molecule has 9 heteroatoms. The molecule has 0 atom stereocenters. The Morgan fingerprint density at radius 3 is 2.27 bits per heavy atom. The number of nitrogens with one attached hydrogen (secondary N) is 1. The van der Waals surface area contributed by atoms with Crippen LogP contribution < -0.4 is 5.32 Å². The third kappa shape index (κ3) is 3.09. The maximum Gasteiger partial charge on any atom is 0.435 e. The van der Waals surface area contributed by atoms with Gasteiger partial charge in [0.05, 0.1) is 0 Å². The van der Waals surface area contributed by atoms with Gasteiger partial charge in [0.15, 0.2) is 5.69 Å². The second kappa shape index (κ2) is 4.87. The summed E-state index contributed by atoms with van der Waals surface area (Å²) in [5.74, 6) is 0.131. The van der Waals surface area contributed by atoms with Gasteiger partial charge in [0.2, 0.25) is 0 Å². The summed E-state index contributed by atoms with van der Waals surface area (Å²) in [6, 6.07) is 0.746. The highest BCUT2D eigenvalue weighted by molar-refractivity contribution is 5.16. The van der Waals surface area contributed by atoms with Crippen molar-refractivity contribution in [2.45, 2.75) is 38.2 Å². The number of rotatable bonds is 3. The molecule has 1 saturated heterocycles. The third-order valence-corrected chi connectivity index (χ3v) is 4.42. The van der Waals surface area contributed by atoms with E-state index in [1.807, 2.05) is 0 Å². The molecule has 1 aromatic heterocycles. The molecule has 22 heavy (non-hydrogen) atoms. The van der Waals surface area contributed by atoms with Gasteiger partial charge in [-0.15, -0.1) is 0 Å². The summed E-state index contributed by atoms with van der Waals surface area (Å²) >= 11 is 0. The highest BCUT2D eigenvalue weighted by atomic mass is 19.4. The van der Waals surface area contributed by atoms with Crippen LogP contribution in [-0.2, 0) is 19.1 Å². The van der Waals surface area contributed by atoms with E-state index in [4.69, 9.17) is 0 Å². The van der Waals surface area contributed by atoms with E-state index in [1.54, 1.807) is 0 Å². The lowest BCUT2D eigenvalue weighted by Gasteiger charge is -2.54. The third-order valence-electron chi connectivity index (χ3n) is 4.42. The minimum absolute atomic E-state index is 0.0109. The Balaban J connectivity index is 1.74. The first-order valence-electron chi connectivity index (χ1n) is 6.98. The Morgan fingerprint density at radius 1 is 1.18 bits per heavy atom. The smallest absolute Gasteiger partial charge is 0.316 e. The zero-order valence-electron chi connectivity index (χ0n) is 11.6. The van der Waals surface area contributed by atoms with E-state index in [0.29, 0.717) is 4.68 Å².